The number of rotatable bonds is 2. The first kappa shape index (κ1) is 7.92. The van der Waals surface area contributed by atoms with E-state index in [-0.39, 0.29) is 0 Å². The van der Waals surface area contributed by atoms with E-state index in [1.807, 2.05) is 30.3 Å². The Hall–Kier alpha value is -1.70. The van der Waals surface area contributed by atoms with Crippen LogP contribution in [0.2, 0.25) is 0 Å². The van der Waals surface area contributed by atoms with E-state index in [2.05, 4.69) is 11.2 Å². The Morgan fingerprint density at radius 1 is 1.23 bits per heavy atom. The average molecular weight is 172 g/mol. The molecule has 0 bridgehead atoms. The highest BCUT2D eigenvalue weighted by atomic mass is 16.5. The maximum absolute atomic E-state index is 5.18. The molecular weight excluding hydrogens is 162 g/mol. The molecule has 13 heavy (non-hydrogen) atoms. The van der Waals surface area contributed by atoms with Gasteiger partial charge in [0.1, 0.15) is 5.75 Å². The van der Waals surface area contributed by atoms with Crippen LogP contribution in [0.1, 0.15) is 0 Å². The SMILES string of the molecule is COc1c[nH][c]c1-c1ccccc1. The summed E-state index contributed by atoms with van der Waals surface area (Å²) in [4.78, 5) is 2.90. The summed E-state index contributed by atoms with van der Waals surface area (Å²) < 4.78 is 5.18. The summed E-state index contributed by atoms with van der Waals surface area (Å²) in [6, 6.07) is 10.0. The first-order valence-corrected chi connectivity index (χ1v) is 4.10. The fourth-order valence-corrected chi connectivity index (χ4v) is 1.29. The Morgan fingerprint density at radius 3 is 2.69 bits per heavy atom. The van der Waals surface area contributed by atoms with Crippen LogP contribution in [-0.2, 0) is 0 Å². The lowest BCUT2D eigenvalue weighted by Crippen LogP contribution is -1.82. The van der Waals surface area contributed by atoms with Gasteiger partial charge in [-0.3, -0.25) is 0 Å². The van der Waals surface area contributed by atoms with Gasteiger partial charge in [0, 0.05) is 6.20 Å². The zero-order valence-electron chi connectivity index (χ0n) is 7.37. The number of H-pyrrole nitrogens is 1. The van der Waals surface area contributed by atoms with Crippen molar-refractivity contribution in [2.24, 2.45) is 0 Å². The van der Waals surface area contributed by atoms with E-state index in [9.17, 15) is 0 Å². The van der Waals surface area contributed by atoms with E-state index < -0.39 is 0 Å². The molecule has 1 N–H and O–H groups in total. The summed E-state index contributed by atoms with van der Waals surface area (Å²) in [6.07, 6.45) is 4.82. The molecule has 0 aliphatic carbocycles. The third-order valence-corrected chi connectivity index (χ3v) is 1.93. The van der Waals surface area contributed by atoms with Gasteiger partial charge in [0.15, 0.2) is 0 Å². The lowest BCUT2D eigenvalue weighted by molar-refractivity contribution is 0.417. The molecule has 0 saturated carbocycles. The number of nitrogens with one attached hydrogen (secondary N) is 1. The minimum absolute atomic E-state index is 0.825. The molecule has 0 unspecified atom stereocenters. The quantitative estimate of drug-likeness (QED) is 0.739. The summed E-state index contributed by atoms with van der Waals surface area (Å²) >= 11 is 0. The van der Waals surface area contributed by atoms with E-state index in [0.29, 0.717) is 0 Å². The number of ether oxygens (including phenoxy) is 1. The monoisotopic (exact) mass is 172 g/mol. The molecule has 65 valence electrons. The molecule has 0 amide bonds. The summed E-state index contributed by atoms with van der Waals surface area (Å²) in [5.74, 6) is 0.825. The second-order valence-electron chi connectivity index (χ2n) is 2.72. The van der Waals surface area contributed by atoms with Crippen LogP contribution in [0.4, 0.5) is 0 Å². The molecule has 0 spiro atoms. The van der Waals surface area contributed by atoms with Crippen molar-refractivity contribution in [2.45, 2.75) is 0 Å². The van der Waals surface area contributed by atoms with Crippen LogP contribution in [0, 0.1) is 6.20 Å². The third-order valence-electron chi connectivity index (χ3n) is 1.93. The van der Waals surface area contributed by atoms with E-state index >= 15 is 0 Å². The predicted octanol–water partition coefficient (Wildman–Crippen LogP) is 2.49. The van der Waals surface area contributed by atoms with Crippen molar-refractivity contribution in [1.82, 2.24) is 4.98 Å². The molecule has 2 nitrogen and oxygen atoms in total. The summed E-state index contributed by atoms with van der Waals surface area (Å²) in [5.41, 5.74) is 2.09. The van der Waals surface area contributed by atoms with E-state index in [4.69, 9.17) is 4.74 Å². The van der Waals surface area contributed by atoms with Gasteiger partial charge in [-0.1, -0.05) is 30.3 Å². The van der Waals surface area contributed by atoms with E-state index in [1.165, 1.54) is 0 Å². The number of benzene rings is 1. The number of methoxy groups -OCH3 is 1. The molecular formula is C11H10NO. The molecule has 2 heteroatoms. The third kappa shape index (κ3) is 1.43. The molecule has 0 aliphatic heterocycles. The van der Waals surface area contributed by atoms with Crippen LogP contribution < -0.4 is 4.74 Å². The summed E-state index contributed by atoms with van der Waals surface area (Å²) in [5, 5.41) is 0. The Morgan fingerprint density at radius 2 is 2.00 bits per heavy atom. The van der Waals surface area contributed by atoms with Crippen molar-refractivity contribution in [3.05, 3.63) is 42.7 Å². The standard InChI is InChI=1S/C11H10NO/c1-13-11-8-12-7-10(11)9-5-3-2-4-6-9/h2-6,8,12H,1H3. The molecule has 0 saturated heterocycles. The van der Waals surface area contributed by atoms with Gasteiger partial charge in [0.2, 0.25) is 0 Å². The smallest absolute Gasteiger partial charge is 0.144 e. The molecule has 0 atom stereocenters. The van der Waals surface area contributed by atoms with Crippen molar-refractivity contribution in [1.29, 1.82) is 0 Å². The number of aromatic nitrogens is 1. The minimum atomic E-state index is 0.825. The van der Waals surface area contributed by atoms with Crippen molar-refractivity contribution in [3.8, 4) is 16.9 Å². The number of aromatic amines is 1. The van der Waals surface area contributed by atoms with Gasteiger partial charge in [0.25, 0.3) is 0 Å². The normalized spacial score (nSPS) is 9.92. The topological polar surface area (TPSA) is 25.0 Å². The number of hydrogen-bond acceptors (Lipinski definition) is 1. The Balaban J connectivity index is 2.47. The molecule has 2 aromatic rings. The first-order chi connectivity index (χ1) is 6.42. The van der Waals surface area contributed by atoms with Crippen molar-refractivity contribution in [2.75, 3.05) is 7.11 Å². The minimum Gasteiger partial charge on any atom is -0.494 e. The van der Waals surface area contributed by atoms with Crippen LogP contribution in [0.25, 0.3) is 11.1 Å². The van der Waals surface area contributed by atoms with Crippen LogP contribution in [0.5, 0.6) is 5.75 Å². The highest BCUT2D eigenvalue weighted by Crippen LogP contribution is 2.28. The zero-order valence-corrected chi connectivity index (χ0v) is 7.37. The summed E-state index contributed by atoms with van der Waals surface area (Å²) in [6.45, 7) is 0. The Bertz CT molecular complexity index is 378. The predicted molar refractivity (Wildman–Crippen MR) is 51.6 cm³/mol. The van der Waals surface area contributed by atoms with Gasteiger partial charge in [-0.15, -0.1) is 0 Å². The second-order valence-corrected chi connectivity index (χ2v) is 2.72. The number of hydrogen-bond donors (Lipinski definition) is 1. The van der Waals surface area contributed by atoms with Gasteiger partial charge in [0.05, 0.1) is 18.9 Å². The van der Waals surface area contributed by atoms with Gasteiger partial charge in [-0.2, -0.15) is 0 Å². The van der Waals surface area contributed by atoms with Crippen LogP contribution in [0.3, 0.4) is 0 Å². The van der Waals surface area contributed by atoms with Gasteiger partial charge >= 0.3 is 0 Å². The lowest BCUT2D eigenvalue weighted by Gasteiger charge is -2.00. The zero-order chi connectivity index (χ0) is 9.10. The fourth-order valence-electron chi connectivity index (χ4n) is 1.29. The molecule has 2 rings (SSSR count). The van der Waals surface area contributed by atoms with Crippen LogP contribution in [0.15, 0.2) is 36.5 Å². The van der Waals surface area contributed by atoms with Gasteiger partial charge < -0.3 is 9.72 Å². The molecule has 1 aromatic carbocycles. The molecule has 0 aliphatic rings. The largest absolute Gasteiger partial charge is 0.494 e. The second kappa shape index (κ2) is 3.35. The van der Waals surface area contributed by atoms with Crippen molar-refractivity contribution < 1.29 is 4.74 Å². The summed E-state index contributed by atoms with van der Waals surface area (Å²) in [7, 11) is 1.66. The molecule has 0 fully saturated rings. The Kier molecular flexibility index (Phi) is 2.04. The van der Waals surface area contributed by atoms with Crippen LogP contribution in [-0.4, -0.2) is 12.1 Å². The average Bonchev–Trinajstić information content (AvgIpc) is 2.67. The molecule has 1 aromatic heterocycles. The fraction of sp³-hybridized carbons (Fsp3) is 0.0909. The van der Waals surface area contributed by atoms with Gasteiger partial charge in [-0.05, 0) is 5.56 Å². The molecule has 1 heterocycles. The van der Waals surface area contributed by atoms with Crippen LogP contribution >= 0.6 is 0 Å². The van der Waals surface area contributed by atoms with Crippen molar-refractivity contribution >= 4 is 0 Å². The Labute approximate surface area is 77.2 Å². The maximum Gasteiger partial charge on any atom is 0.144 e. The van der Waals surface area contributed by atoms with Crippen molar-refractivity contribution in [3.63, 3.8) is 0 Å². The maximum atomic E-state index is 5.18. The van der Waals surface area contributed by atoms with Gasteiger partial charge in [-0.25, -0.2) is 0 Å². The van der Waals surface area contributed by atoms with E-state index in [0.717, 1.165) is 16.9 Å². The highest BCUT2D eigenvalue weighted by Gasteiger charge is 2.05. The van der Waals surface area contributed by atoms with E-state index in [1.54, 1.807) is 13.3 Å². The highest BCUT2D eigenvalue weighted by molar-refractivity contribution is 5.68. The first-order valence-electron chi connectivity index (χ1n) is 4.10. The lowest BCUT2D eigenvalue weighted by atomic mass is 10.1. The molecule has 1 radical (unpaired) electrons.